The molecule has 43 heavy (non-hydrogen) atoms. The molecule has 0 radical (unpaired) electrons. The molecule has 0 amide bonds. The van der Waals surface area contributed by atoms with Crippen molar-refractivity contribution in [1.82, 2.24) is 0 Å². The summed E-state index contributed by atoms with van der Waals surface area (Å²) < 4.78 is 0. The Hall–Kier alpha value is -3.68. The summed E-state index contributed by atoms with van der Waals surface area (Å²) in [7, 11) is -2.44. The van der Waals surface area contributed by atoms with Crippen LogP contribution in [0.5, 0.6) is 0 Å². The molecule has 0 unspecified atom stereocenters. The molecule has 226 valence electrons. The van der Waals surface area contributed by atoms with Crippen molar-refractivity contribution < 1.29 is 0 Å². The number of benzene rings is 5. The first-order valence-electron chi connectivity index (χ1n) is 16.8. The zero-order chi connectivity index (χ0) is 31.8. The third-order valence-electron chi connectivity index (χ3n) is 7.64. The van der Waals surface area contributed by atoms with Gasteiger partial charge in [-0.05, 0) is 67.0 Å². The lowest BCUT2D eigenvalue weighted by molar-refractivity contribution is 1.17. The normalized spacial score (nSPS) is 12.0. The highest BCUT2D eigenvalue weighted by Gasteiger charge is 2.46. The Balaban J connectivity index is 0.000000590. The van der Waals surface area contributed by atoms with Gasteiger partial charge in [0.25, 0.3) is 0 Å². The SMILES string of the molecule is CC.CC.CC.CC.CC.c1ccc([Si]2(c3ccccc3)c3ccccc3Cc3cc4c(cc32)-c2ccccc2C4)cc1. The van der Waals surface area contributed by atoms with Crippen molar-refractivity contribution >= 4 is 28.8 Å². The summed E-state index contributed by atoms with van der Waals surface area (Å²) in [5.41, 5.74) is 8.79. The smallest absolute Gasteiger partial charge is 0.0683 e. The van der Waals surface area contributed by atoms with Gasteiger partial charge < -0.3 is 0 Å². The standard InChI is InChI=1S/C32H24Si.5C2H6/c1-3-13-27(14-4-1)33(28-15-5-2-6-16-28)31-18-10-8-12-24(31)20-26-21-25-19-23-11-7-9-17-29(23)30(25)22-32(26)33;5*1-2/h1-18,21-22H,19-20H2;5*1-2H3. The van der Waals surface area contributed by atoms with Crippen molar-refractivity contribution in [2.45, 2.75) is 82.1 Å². The Morgan fingerprint density at radius 1 is 0.349 bits per heavy atom. The van der Waals surface area contributed by atoms with E-state index in [4.69, 9.17) is 0 Å². The quantitative estimate of drug-likeness (QED) is 0.177. The Morgan fingerprint density at radius 2 is 0.791 bits per heavy atom. The number of hydrogen-bond donors (Lipinski definition) is 0. The van der Waals surface area contributed by atoms with Crippen molar-refractivity contribution in [2.24, 2.45) is 0 Å². The van der Waals surface area contributed by atoms with Crippen LogP contribution in [0, 0.1) is 0 Å². The molecule has 0 saturated carbocycles. The molecule has 0 spiro atoms. The fraction of sp³-hybridized carbons (Fsp3) is 0.286. The number of hydrogen-bond acceptors (Lipinski definition) is 0. The first kappa shape index (κ1) is 35.5. The fourth-order valence-corrected chi connectivity index (χ4v) is 11.5. The molecular weight excluding hydrogens is 533 g/mol. The molecule has 5 aromatic rings. The molecule has 5 aromatic carbocycles. The van der Waals surface area contributed by atoms with E-state index in [1.807, 2.05) is 69.2 Å². The minimum atomic E-state index is -2.44. The summed E-state index contributed by atoms with van der Waals surface area (Å²) >= 11 is 0. The molecule has 2 aliphatic rings. The zero-order valence-corrected chi connectivity index (χ0v) is 29.5. The first-order chi connectivity index (χ1) is 21.4. The largest absolute Gasteiger partial charge is 0.180 e. The van der Waals surface area contributed by atoms with Crippen molar-refractivity contribution in [3.63, 3.8) is 0 Å². The maximum absolute atomic E-state index is 2.58. The van der Waals surface area contributed by atoms with Gasteiger partial charge >= 0.3 is 0 Å². The van der Waals surface area contributed by atoms with Crippen LogP contribution in [0.3, 0.4) is 0 Å². The van der Waals surface area contributed by atoms with E-state index < -0.39 is 8.07 Å². The molecule has 0 bridgehead atoms. The highest BCUT2D eigenvalue weighted by molar-refractivity contribution is 7.20. The van der Waals surface area contributed by atoms with Gasteiger partial charge in [-0.3, -0.25) is 0 Å². The molecule has 0 nitrogen and oxygen atoms in total. The summed E-state index contributed by atoms with van der Waals surface area (Å²) in [5.74, 6) is 0. The van der Waals surface area contributed by atoms with Gasteiger partial charge in [-0.15, -0.1) is 0 Å². The second-order valence-electron chi connectivity index (χ2n) is 9.32. The minimum absolute atomic E-state index is 1.02. The van der Waals surface area contributed by atoms with Gasteiger partial charge in [0.2, 0.25) is 0 Å². The predicted octanol–water partition coefficient (Wildman–Crippen LogP) is 9.67. The van der Waals surface area contributed by atoms with Crippen LogP contribution in [0.4, 0.5) is 0 Å². The van der Waals surface area contributed by atoms with Crippen molar-refractivity contribution in [2.75, 3.05) is 0 Å². The van der Waals surface area contributed by atoms with Gasteiger partial charge in [-0.2, -0.15) is 0 Å². The topological polar surface area (TPSA) is 0 Å². The van der Waals surface area contributed by atoms with Crippen LogP contribution in [0.25, 0.3) is 11.1 Å². The van der Waals surface area contributed by atoms with E-state index in [1.165, 1.54) is 43.8 Å². The van der Waals surface area contributed by atoms with Crippen LogP contribution in [0.15, 0.2) is 121 Å². The van der Waals surface area contributed by atoms with Crippen LogP contribution in [-0.4, -0.2) is 8.07 Å². The van der Waals surface area contributed by atoms with Gasteiger partial charge in [-0.25, -0.2) is 0 Å². The van der Waals surface area contributed by atoms with E-state index >= 15 is 0 Å². The third kappa shape index (κ3) is 6.78. The highest BCUT2D eigenvalue weighted by atomic mass is 28.3. The van der Waals surface area contributed by atoms with Gasteiger partial charge in [0, 0.05) is 0 Å². The molecule has 0 aromatic heterocycles. The van der Waals surface area contributed by atoms with Gasteiger partial charge in [0.05, 0.1) is 0 Å². The molecule has 1 aliphatic heterocycles. The van der Waals surface area contributed by atoms with E-state index in [-0.39, 0.29) is 0 Å². The third-order valence-corrected chi connectivity index (χ3v) is 12.6. The van der Waals surface area contributed by atoms with E-state index in [9.17, 15) is 0 Å². The zero-order valence-electron chi connectivity index (χ0n) is 28.5. The maximum Gasteiger partial charge on any atom is 0.180 e. The van der Waals surface area contributed by atoms with Crippen molar-refractivity contribution in [3.8, 4) is 11.1 Å². The number of rotatable bonds is 2. The Kier molecular flexibility index (Phi) is 14.9. The predicted molar refractivity (Wildman–Crippen MR) is 198 cm³/mol. The lowest BCUT2D eigenvalue weighted by Gasteiger charge is -2.40. The maximum atomic E-state index is 2.58. The molecule has 7 rings (SSSR count). The Labute approximate surface area is 264 Å². The summed E-state index contributed by atoms with van der Waals surface area (Å²) in [4.78, 5) is 0. The van der Waals surface area contributed by atoms with Crippen molar-refractivity contribution in [1.29, 1.82) is 0 Å². The summed E-state index contributed by atoms with van der Waals surface area (Å²) in [6.45, 7) is 20.0. The lowest BCUT2D eigenvalue weighted by Crippen LogP contribution is -2.77. The van der Waals surface area contributed by atoms with Crippen LogP contribution in [0.1, 0.15) is 91.5 Å². The first-order valence-corrected chi connectivity index (χ1v) is 18.8. The Bertz CT molecular complexity index is 1460. The van der Waals surface area contributed by atoms with E-state index in [0.717, 1.165) is 12.8 Å². The van der Waals surface area contributed by atoms with E-state index in [0.29, 0.717) is 0 Å². The molecule has 1 aliphatic carbocycles. The average molecular weight is 587 g/mol. The van der Waals surface area contributed by atoms with E-state index in [2.05, 4.69) is 121 Å². The van der Waals surface area contributed by atoms with Crippen LogP contribution >= 0.6 is 0 Å². The van der Waals surface area contributed by atoms with Gasteiger partial charge in [0.15, 0.2) is 8.07 Å². The fourth-order valence-electron chi connectivity index (χ4n) is 6.29. The Morgan fingerprint density at radius 3 is 1.35 bits per heavy atom. The molecule has 0 atom stereocenters. The van der Waals surface area contributed by atoms with E-state index in [1.54, 1.807) is 10.4 Å². The van der Waals surface area contributed by atoms with Crippen LogP contribution in [-0.2, 0) is 12.8 Å². The molecule has 0 fully saturated rings. The van der Waals surface area contributed by atoms with Gasteiger partial charge in [0.1, 0.15) is 0 Å². The van der Waals surface area contributed by atoms with Gasteiger partial charge in [-0.1, -0.05) is 191 Å². The molecule has 0 N–H and O–H groups in total. The molecular formula is C42H54Si. The summed E-state index contributed by atoms with van der Waals surface area (Å²) in [5, 5.41) is 6.04. The lowest BCUT2D eigenvalue weighted by atomic mass is 9.98. The van der Waals surface area contributed by atoms with Crippen molar-refractivity contribution in [3.05, 3.63) is 144 Å². The van der Waals surface area contributed by atoms with Crippen LogP contribution in [0.2, 0.25) is 0 Å². The summed E-state index contributed by atoms with van der Waals surface area (Å²) in [6, 6.07) is 45.9. The number of fused-ring (bicyclic) bond motifs is 5. The monoisotopic (exact) mass is 586 g/mol. The molecule has 1 heterocycles. The second-order valence-corrected chi connectivity index (χ2v) is 13.0. The minimum Gasteiger partial charge on any atom is -0.0683 e. The molecule has 1 heteroatoms. The average Bonchev–Trinajstić information content (AvgIpc) is 3.49. The highest BCUT2D eigenvalue weighted by Crippen LogP contribution is 2.38. The second kappa shape index (κ2) is 18.1. The summed E-state index contributed by atoms with van der Waals surface area (Å²) in [6.07, 6.45) is 2.06. The van der Waals surface area contributed by atoms with Crippen LogP contribution < -0.4 is 20.7 Å². The molecule has 0 saturated heterocycles.